The number of nitrogens with zero attached hydrogens (tertiary/aromatic N) is 1. The van der Waals surface area contributed by atoms with Crippen LogP contribution < -0.4 is 11.1 Å². The van der Waals surface area contributed by atoms with E-state index in [9.17, 15) is 4.79 Å². The van der Waals surface area contributed by atoms with E-state index in [1.54, 1.807) is 14.1 Å². The predicted molar refractivity (Wildman–Crippen MR) is 57.7 cm³/mol. The Hall–Kier alpha value is -0.840. The Bertz CT molecular complexity index is 194. The van der Waals surface area contributed by atoms with Crippen molar-refractivity contribution in [1.29, 1.82) is 0 Å². The molecule has 1 unspecified atom stereocenters. The van der Waals surface area contributed by atoms with Crippen molar-refractivity contribution in [2.45, 2.75) is 25.8 Å². The minimum Gasteiger partial charge on any atom is -0.393 e. The zero-order valence-corrected chi connectivity index (χ0v) is 9.15. The molecule has 0 fully saturated rings. The summed E-state index contributed by atoms with van der Waals surface area (Å²) < 4.78 is 0. The fraction of sp³-hybridized carbons (Fsp3) is 0.750. The van der Waals surface area contributed by atoms with Gasteiger partial charge < -0.3 is 16.0 Å². The minimum absolute atomic E-state index is 0.0485. The summed E-state index contributed by atoms with van der Waals surface area (Å²) in [7, 11) is 3.39. The zero-order valence-electron chi connectivity index (χ0n) is 8.33. The quantitative estimate of drug-likeness (QED) is 0.662. The molecular formula is C8H17N3OS. The molecule has 0 radical (unpaired) electrons. The van der Waals surface area contributed by atoms with Crippen molar-refractivity contribution in [1.82, 2.24) is 10.2 Å². The lowest BCUT2D eigenvalue weighted by atomic mass is 10.1. The Labute approximate surface area is 84.5 Å². The highest BCUT2D eigenvalue weighted by molar-refractivity contribution is 7.80. The van der Waals surface area contributed by atoms with Crippen LogP contribution in [0.5, 0.6) is 0 Å². The number of urea groups is 1. The molecule has 3 N–H and O–H groups in total. The molecule has 0 spiro atoms. The Morgan fingerprint density at radius 2 is 2.15 bits per heavy atom. The summed E-state index contributed by atoms with van der Waals surface area (Å²) in [5.74, 6) is 0. The van der Waals surface area contributed by atoms with Crippen LogP contribution in [0.25, 0.3) is 0 Å². The first-order chi connectivity index (χ1) is 5.97. The standard InChI is InChI=1S/C8H17N3OS/c1-4-6(5-7(9)13)10-8(12)11(2)3/h6H,4-5H2,1-3H3,(H2,9,13)(H,10,12). The van der Waals surface area contributed by atoms with Crippen LogP contribution in [0.1, 0.15) is 19.8 Å². The fourth-order valence-corrected chi connectivity index (χ4v) is 1.05. The number of nitrogens with one attached hydrogen (secondary N) is 1. The lowest BCUT2D eigenvalue weighted by Crippen LogP contribution is -2.42. The maximum atomic E-state index is 11.2. The van der Waals surface area contributed by atoms with Crippen LogP contribution in [0.2, 0.25) is 0 Å². The minimum atomic E-state index is -0.108. The van der Waals surface area contributed by atoms with E-state index in [0.717, 1.165) is 6.42 Å². The van der Waals surface area contributed by atoms with Crippen molar-refractivity contribution in [2.24, 2.45) is 5.73 Å². The molecule has 0 heterocycles. The van der Waals surface area contributed by atoms with Gasteiger partial charge in [-0.15, -0.1) is 0 Å². The molecule has 0 aromatic carbocycles. The van der Waals surface area contributed by atoms with E-state index in [1.807, 2.05) is 6.92 Å². The van der Waals surface area contributed by atoms with Crippen LogP contribution in [0.3, 0.4) is 0 Å². The largest absolute Gasteiger partial charge is 0.393 e. The predicted octanol–water partition coefficient (Wildman–Crippen LogP) is 0.712. The molecule has 1 atom stereocenters. The Kier molecular flexibility index (Phi) is 5.37. The maximum absolute atomic E-state index is 11.2. The summed E-state index contributed by atoms with van der Waals surface area (Å²) in [5, 5.41) is 2.82. The molecule has 0 aromatic rings. The number of hydrogen-bond donors (Lipinski definition) is 2. The molecular weight excluding hydrogens is 186 g/mol. The number of thiocarbonyl (C=S) groups is 1. The molecule has 0 rings (SSSR count). The van der Waals surface area contributed by atoms with Crippen molar-refractivity contribution >= 4 is 23.2 Å². The molecule has 4 nitrogen and oxygen atoms in total. The van der Waals surface area contributed by atoms with Gasteiger partial charge in [0.25, 0.3) is 0 Å². The molecule has 0 bridgehead atoms. The molecule has 0 aliphatic heterocycles. The second-order valence-electron chi connectivity index (χ2n) is 3.12. The Balaban J connectivity index is 3.97. The van der Waals surface area contributed by atoms with Gasteiger partial charge in [-0.2, -0.15) is 0 Å². The normalized spacial score (nSPS) is 11.9. The van der Waals surface area contributed by atoms with Crippen LogP contribution >= 0.6 is 12.2 Å². The van der Waals surface area contributed by atoms with Gasteiger partial charge in [-0.25, -0.2) is 4.79 Å². The van der Waals surface area contributed by atoms with E-state index in [0.29, 0.717) is 11.4 Å². The van der Waals surface area contributed by atoms with E-state index in [-0.39, 0.29) is 12.1 Å². The Morgan fingerprint density at radius 3 is 2.46 bits per heavy atom. The third kappa shape index (κ3) is 5.41. The van der Waals surface area contributed by atoms with Crippen molar-refractivity contribution < 1.29 is 4.79 Å². The molecule has 5 heteroatoms. The van der Waals surface area contributed by atoms with Gasteiger partial charge in [-0.3, -0.25) is 0 Å². The summed E-state index contributed by atoms with van der Waals surface area (Å²) in [6, 6.07) is -0.0597. The van der Waals surface area contributed by atoms with Crippen LogP contribution in [-0.2, 0) is 0 Å². The van der Waals surface area contributed by atoms with Gasteiger partial charge in [0.05, 0.1) is 4.99 Å². The second kappa shape index (κ2) is 5.75. The van der Waals surface area contributed by atoms with Gasteiger partial charge in [0.15, 0.2) is 0 Å². The van der Waals surface area contributed by atoms with Gasteiger partial charge >= 0.3 is 6.03 Å². The van der Waals surface area contributed by atoms with Gasteiger partial charge in [0.1, 0.15) is 0 Å². The third-order valence-electron chi connectivity index (χ3n) is 1.67. The monoisotopic (exact) mass is 203 g/mol. The van der Waals surface area contributed by atoms with E-state index in [1.165, 1.54) is 4.90 Å². The van der Waals surface area contributed by atoms with E-state index in [2.05, 4.69) is 5.32 Å². The molecule has 0 aliphatic carbocycles. The van der Waals surface area contributed by atoms with Crippen LogP contribution in [0.4, 0.5) is 4.79 Å². The van der Waals surface area contributed by atoms with Gasteiger partial charge in [0, 0.05) is 26.6 Å². The molecule has 0 saturated heterocycles. The lowest BCUT2D eigenvalue weighted by molar-refractivity contribution is 0.213. The van der Waals surface area contributed by atoms with E-state index >= 15 is 0 Å². The first-order valence-electron chi connectivity index (χ1n) is 4.23. The van der Waals surface area contributed by atoms with Crippen LogP contribution in [-0.4, -0.2) is 36.1 Å². The van der Waals surface area contributed by atoms with Gasteiger partial charge in [-0.05, 0) is 6.42 Å². The molecule has 0 aliphatic rings. The number of hydrogen-bond acceptors (Lipinski definition) is 2. The number of carbonyl (C=O) groups is 1. The third-order valence-corrected chi connectivity index (χ3v) is 1.84. The van der Waals surface area contributed by atoms with Crippen LogP contribution in [0, 0.1) is 0 Å². The highest BCUT2D eigenvalue weighted by atomic mass is 32.1. The highest BCUT2D eigenvalue weighted by Crippen LogP contribution is 1.98. The Morgan fingerprint density at radius 1 is 1.62 bits per heavy atom. The number of rotatable bonds is 4. The van der Waals surface area contributed by atoms with Crippen molar-refractivity contribution in [3.63, 3.8) is 0 Å². The molecule has 0 saturated carbocycles. The van der Waals surface area contributed by atoms with Crippen molar-refractivity contribution in [3.05, 3.63) is 0 Å². The average Bonchev–Trinajstić information content (AvgIpc) is 2.02. The average molecular weight is 203 g/mol. The first-order valence-corrected chi connectivity index (χ1v) is 4.64. The summed E-state index contributed by atoms with van der Waals surface area (Å²) >= 11 is 4.77. The molecule has 0 aromatic heterocycles. The SMILES string of the molecule is CCC(CC(N)=S)NC(=O)N(C)C. The maximum Gasteiger partial charge on any atom is 0.317 e. The van der Waals surface area contributed by atoms with Crippen molar-refractivity contribution in [2.75, 3.05) is 14.1 Å². The lowest BCUT2D eigenvalue weighted by Gasteiger charge is -2.19. The number of amides is 2. The fourth-order valence-electron chi connectivity index (χ4n) is 0.844. The smallest absolute Gasteiger partial charge is 0.317 e. The zero-order chi connectivity index (χ0) is 10.4. The summed E-state index contributed by atoms with van der Waals surface area (Å²) in [5.41, 5.74) is 5.39. The summed E-state index contributed by atoms with van der Waals surface area (Å²) in [6.45, 7) is 1.98. The molecule has 13 heavy (non-hydrogen) atoms. The van der Waals surface area contributed by atoms with Gasteiger partial charge in [0.2, 0.25) is 0 Å². The second-order valence-corrected chi connectivity index (χ2v) is 3.64. The van der Waals surface area contributed by atoms with Gasteiger partial charge in [-0.1, -0.05) is 19.1 Å². The summed E-state index contributed by atoms with van der Waals surface area (Å²) in [6.07, 6.45) is 1.39. The number of carbonyl (C=O) groups excluding carboxylic acids is 1. The molecule has 76 valence electrons. The topological polar surface area (TPSA) is 58.4 Å². The summed E-state index contributed by atoms with van der Waals surface area (Å²) in [4.78, 5) is 13.1. The van der Waals surface area contributed by atoms with E-state index in [4.69, 9.17) is 18.0 Å². The van der Waals surface area contributed by atoms with Crippen molar-refractivity contribution in [3.8, 4) is 0 Å². The highest BCUT2D eigenvalue weighted by Gasteiger charge is 2.11. The van der Waals surface area contributed by atoms with E-state index < -0.39 is 0 Å². The molecule has 2 amide bonds. The number of nitrogens with two attached hydrogens (primary N) is 1. The first kappa shape index (κ1) is 12.2. The van der Waals surface area contributed by atoms with Crippen LogP contribution in [0.15, 0.2) is 0 Å².